The third kappa shape index (κ3) is 5.74. The zero-order valence-electron chi connectivity index (χ0n) is 18.3. The second-order valence-corrected chi connectivity index (χ2v) is 8.77. The van der Waals surface area contributed by atoms with Crippen molar-refractivity contribution < 1.29 is 9.53 Å². The number of rotatable bonds is 8. The van der Waals surface area contributed by atoms with Crippen molar-refractivity contribution in [3.8, 4) is 11.4 Å². The van der Waals surface area contributed by atoms with Crippen molar-refractivity contribution in [1.82, 2.24) is 14.8 Å². The number of nitrogens with one attached hydrogen (secondary N) is 1. The molecule has 1 amide bonds. The lowest BCUT2D eigenvalue weighted by atomic mass is 10.2. The molecule has 8 heteroatoms. The van der Waals surface area contributed by atoms with E-state index in [-0.39, 0.29) is 18.3 Å². The van der Waals surface area contributed by atoms with Gasteiger partial charge in [-0.2, -0.15) is 0 Å². The van der Waals surface area contributed by atoms with Gasteiger partial charge in [-0.05, 0) is 55.8 Å². The van der Waals surface area contributed by atoms with Crippen molar-refractivity contribution in [2.24, 2.45) is 0 Å². The minimum Gasteiger partial charge on any atom is -0.486 e. The lowest BCUT2D eigenvalue weighted by molar-refractivity contribution is -0.113. The van der Waals surface area contributed by atoms with E-state index in [0.717, 1.165) is 17.0 Å². The Morgan fingerprint density at radius 2 is 1.76 bits per heavy atom. The minimum absolute atomic E-state index is 0.148. The van der Waals surface area contributed by atoms with Crippen LogP contribution in [0, 0.1) is 13.8 Å². The van der Waals surface area contributed by atoms with Crippen molar-refractivity contribution in [1.29, 1.82) is 0 Å². The molecular weight excluding hydrogens is 456 g/mol. The van der Waals surface area contributed by atoms with E-state index in [1.165, 1.54) is 17.3 Å². The van der Waals surface area contributed by atoms with Gasteiger partial charge >= 0.3 is 0 Å². The molecule has 0 aliphatic rings. The normalized spacial score (nSPS) is 10.8. The molecule has 3 aromatic carbocycles. The first kappa shape index (κ1) is 22.9. The Labute approximate surface area is 202 Å². The van der Waals surface area contributed by atoms with Crippen LogP contribution in [0.25, 0.3) is 5.69 Å². The van der Waals surface area contributed by atoms with Crippen molar-refractivity contribution in [2.75, 3.05) is 11.1 Å². The molecule has 0 saturated heterocycles. The highest BCUT2D eigenvalue weighted by atomic mass is 35.5. The smallest absolute Gasteiger partial charge is 0.234 e. The molecule has 168 valence electrons. The molecule has 0 bridgehead atoms. The molecule has 4 rings (SSSR count). The van der Waals surface area contributed by atoms with Gasteiger partial charge in [0.15, 0.2) is 11.0 Å². The number of benzene rings is 3. The van der Waals surface area contributed by atoms with Crippen LogP contribution in [0.1, 0.15) is 17.0 Å². The second-order valence-electron chi connectivity index (χ2n) is 7.42. The van der Waals surface area contributed by atoms with Crippen molar-refractivity contribution in [2.45, 2.75) is 25.6 Å². The molecule has 1 aromatic heterocycles. The number of thioether (sulfide) groups is 1. The fourth-order valence-electron chi connectivity index (χ4n) is 3.17. The van der Waals surface area contributed by atoms with Crippen LogP contribution in [0.4, 0.5) is 5.69 Å². The summed E-state index contributed by atoms with van der Waals surface area (Å²) in [6.45, 7) is 4.15. The van der Waals surface area contributed by atoms with Gasteiger partial charge in [-0.15, -0.1) is 10.2 Å². The van der Waals surface area contributed by atoms with Gasteiger partial charge in [-0.25, -0.2) is 0 Å². The quantitative estimate of drug-likeness (QED) is 0.322. The van der Waals surface area contributed by atoms with E-state index in [0.29, 0.717) is 21.7 Å². The average Bonchev–Trinajstić information content (AvgIpc) is 3.24. The summed E-state index contributed by atoms with van der Waals surface area (Å²) in [5, 5.41) is 12.8. The minimum atomic E-state index is -0.148. The zero-order chi connectivity index (χ0) is 23.2. The maximum atomic E-state index is 12.6. The number of aryl methyl sites for hydroxylation is 1. The Balaban J connectivity index is 1.49. The largest absolute Gasteiger partial charge is 0.486 e. The predicted molar refractivity (Wildman–Crippen MR) is 132 cm³/mol. The fourth-order valence-corrected chi connectivity index (χ4v) is 4.11. The number of hydrogen-bond acceptors (Lipinski definition) is 5. The standard InChI is InChI=1S/C25H23ClN4O2S/c1-17-11-13-20(14-12-17)32-15-23-28-29-25(30(23)19-7-4-3-5-8-19)33-16-24(31)27-22-10-6-9-21(26)18(22)2/h3-14H,15-16H2,1-2H3,(H,27,31). The van der Waals surface area contributed by atoms with Crippen LogP contribution >= 0.6 is 23.4 Å². The highest BCUT2D eigenvalue weighted by Crippen LogP contribution is 2.25. The molecule has 33 heavy (non-hydrogen) atoms. The van der Waals surface area contributed by atoms with E-state index in [9.17, 15) is 4.79 Å². The number of aromatic nitrogens is 3. The van der Waals surface area contributed by atoms with Crippen LogP contribution < -0.4 is 10.1 Å². The molecule has 0 spiro atoms. The van der Waals surface area contributed by atoms with Crippen molar-refractivity contribution >= 4 is 35.0 Å². The third-order valence-corrected chi connectivity index (χ3v) is 6.32. The Morgan fingerprint density at radius 3 is 2.52 bits per heavy atom. The summed E-state index contributed by atoms with van der Waals surface area (Å²) >= 11 is 7.47. The molecule has 0 atom stereocenters. The lowest BCUT2D eigenvalue weighted by Crippen LogP contribution is -2.15. The number of carbonyl (C=O) groups excluding carboxylic acids is 1. The number of amides is 1. The lowest BCUT2D eigenvalue weighted by Gasteiger charge is -2.12. The molecule has 0 unspecified atom stereocenters. The maximum absolute atomic E-state index is 12.6. The molecule has 1 heterocycles. The van der Waals surface area contributed by atoms with E-state index in [2.05, 4.69) is 15.5 Å². The van der Waals surface area contributed by atoms with Crippen LogP contribution in [0.15, 0.2) is 78.0 Å². The second kappa shape index (κ2) is 10.6. The summed E-state index contributed by atoms with van der Waals surface area (Å²) in [7, 11) is 0. The third-order valence-electron chi connectivity index (χ3n) is 4.98. The molecule has 6 nitrogen and oxygen atoms in total. The number of anilines is 1. The van der Waals surface area contributed by atoms with E-state index in [1.807, 2.05) is 85.1 Å². The SMILES string of the molecule is Cc1ccc(OCc2nnc(SCC(=O)Nc3cccc(Cl)c3C)n2-c2ccccc2)cc1. The molecule has 0 aliphatic carbocycles. The molecule has 0 fully saturated rings. The topological polar surface area (TPSA) is 69.0 Å². The average molecular weight is 479 g/mol. The fraction of sp³-hybridized carbons (Fsp3) is 0.160. The summed E-state index contributed by atoms with van der Waals surface area (Å²) in [5.41, 5.74) is 3.60. The van der Waals surface area contributed by atoms with E-state index in [4.69, 9.17) is 16.3 Å². The van der Waals surface area contributed by atoms with Crippen LogP contribution in [0.5, 0.6) is 5.75 Å². The molecule has 0 aliphatic heterocycles. The summed E-state index contributed by atoms with van der Waals surface area (Å²) < 4.78 is 7.84. The monoisotopic (exact) mass is 478 g/mol. The first-order chi connectivity index (χ1) is 16.0. The molecule has 4 aromatic rings. The Bertz CT molecular complexity index is 1240. The Morgan fingerprint density at radius 1 is 1.00 bits per heavy atom. The first-order valence-electron chi connectivity index (χ1n) is 10.4. The predicted octanol–water partition coefficient (Wildman–Crippen LogP) is 5.85. The molecule has 1 N–H and O–H groups in total. The summed E-state index contributed by atoms with van der Waals surface area (Å²) in [4.78, 5) is 12.6. The van der Waals surface area contributed by atoms with E-state index < -0.39 is 0 Å². The number of hydrogen-bond donors (Lipinski definition) is 1. The van der Waals surface area contributed by atoms with Gasteiger partial charge in [0.05, 0.1) is 5.75 Å². The highest BCUT2D eigenvalue weighted by Gasteiger charge is 2.17. The number of para-hydroxylation sites is 1. The number of nitrogens with zero attached hydrogens (tertiary/aromatic N) is 3. The van der Waals surface area contributed by atoms with Gasteiger partial charge in [0, 0.05) is 16.4 Å². The van der Waals surface area contributed by atoms with Crippen LogP contribution in [0.2, 0.25) is 5.02 Å². The number of ether oxygens (including phenoxy) is 1. The van der Waals surface area contributed by atoms with Gasteiger partial charge in [0.2, 0.25) is 5.91 Å². The summed E-state index contributed by atoms with van der Waals surface area (Å²) in [6.07, 6.45) is 0. The maximum Gasteiger partial charge on any atom is 0.234 e. The van der Waals surface area contributed by atoms with Gasteiger partial charge < -0.3 is 10.1 Å². The number of carbonyl (C=O) groups is 1. The highest BCUT2D eigenvalue weighted by molar-refractivity contribution is 7.99. The van der Waals surface area contributed by atoms with E-state index in [1.54, 1.807) is 6.07 Å². The zero-order valence-corrected chi connectivity index (χ0v) is 19.9. The summed E-state index contributed by atoms with van der Waals surface area (Å²) in [5.74, 6) is 1.44. The Kier molecular flexibility index (Phi) is 7.32. The van der Waals surface area contributed by atoms with E-state index >= 15 is 0 Å². The van der Waals surface area contributed by atoms with Gasteiger partial charge in [-0.3, -0.25) is 9.36 Å². The van der Waals surface area contributed by atoms with Gasteiger partial charge in [0.25, 0.3) is 0 Å². The van der Waals surface area contributed by atoms with Crippen molar-refractivity contribution in [3.05, 3.63) is 94.8 Å². The van der Waals surface area contributed by atoms with Crippen LogP contribution in [0.3, 0.4) is 0 Å². The van der Waals surface area contributed by atoms with Crippen LogP contribution in [-0.2, 0) is 11.4 Å². The van der Waals surface area contributed by atoms with Gasteiger partial charge in [-0.1, -0.05) is 65.3 Å². The first-order valence-corrected chi connectivity index (χ1v) is 11.7. The van der Waals surface area contributed by atoms with Gasteiger partial charge in [0.1, 0.15) is 12.4 Å². The van der Waals surface area contributed by atoms with Crippen molar-refractivity contribution in [3.63, 3.8) is 0 Å². The molecular formula is C25H23ClN4O2S. The molecule has 0 radical (unpaired) electrons. The Hall–Kier alpha value is -3.29. The molecule has 0 saturated carbocycles. The van der Waals surface area contributed by atoms with Crippen LogP contribution in [-0.4, -0.2) is 26.4 Å². The summed E-state index contributed by atoms with van der Waals surface area (Å²) in [6, 6.07) is 23.1. The number of halogens is 1.